The zero-order valence-corrected chi connectivity index (χ0v) is 10.3. The lowest BCUT2D eigenvalue weighted by Crippen LogP contribution is -2.36. The van der Waals surface area contributed by atoms with E-state index in [4.69, 9.17) is 26.7 Å². The quantitative estimate of drug-likeness (QED) is 0.162. The molecule has 0 aliphatic heterocycles. The molecular formula is C10H20N4O4. The van der Waals surface area contributed by atoms with Crippen LogP contribution in [0.3, 0.4) is 0 Å². The summed E-state index contributed by atoms with van der Waals surface area (Å²) in [4.78, 5) is 21.8. The summed E-state index contributed by atoms with van der Waals surface area (Å²) in [7, 11) is 0. The third-order valence-corrected chi connectivity index (χ3v) is 2.09. The number of esters is 1. The summed E-state index contributed by atoms with van der Waals surface area (Å²) in [6.45, 7) is 1.94. The maximum atomic E-state index is 11.4. The molecule has 1 unspecified atom stereocenters. The third kappa shape index (κ3) is 8.34. The van der Waals surface area contributed by atoms with Crippen LogP contribution in [0.15, 0.2) is 0 Å². The van der Waals surface area contributed by atoms with Crippen LogP contribution in [-0.4, -0.2) is 41.7 Å². The summed E-state index contributed by atoms with van der Waals surface area (Å²) < 4.78 is 4.87. The van der Waals surface area contributed by atoms with Crippen LogP contribution in [0.4, 0.5) is 0 Å². The van der Waals surface area contributed by atoms with Crippen molar-refractivity contribution < 1.29 is 19.4 Å². The summed E-state index contributed by atoms with van der Waals surface area (Å²) in [5, 5.41) is 18.0. The van der Waals surface area contributed by atoms with E-state index in [1.807, 2.05) is 0 Å². The number of nitrogens with one attached hydrogen (secondary N) is 2. The van der Waals surface area contributed by atoms with Crippen molar-refractivity contribution in [1.82, 2.24) is 5.32 Å². The summed E-state index contributed by atoms with van der Waals surface area (Å²) in [5.74, 6) is -1.79. The van der Waals surface area contributed by atoms with Crippen molar-refractivity contribution in [2.45, 2.75) is 38.3 Å². The standard InChI is InChI=1S/C10H20N4O4/c1-6(5-8(15)16)18-9(17)7(11)3-2-4-14-10(12)13/h6-7H,2-5,11H2,1H3,(H,15,16)(H4,12,13,14)/t6?,7-/m0/s1. The molecule has 0 aliphatic rings. The molecule has 0 heterocycles. The van der Waals surface area contributed by atoms with Crippen LogP contribution in [0.2, 0.25) is 0 Å². The zero-order valence-electron chi connectivity index (χ0n) is 10.3. The van der Waals surface area contributed by atoms with Crippen LogP contribution in [0, 0.1) is 5.41 Å². The van der Waals surface area contributed by atoms with E-state index in [-0.39, 0.29) is 12.4 Å². The first-order valence-electron chi connectivity index (χ1n) is 5.58. The number of carboxylic acid groups (broad SMARTS) is 1. The number of guanidine groups is 1. The lowest BCUT2D eigenvalue weighted by molar-refractivity contribution is -0.153. The Labute approximate surface area is 105 Å². The number of hydrogen-bond donors (Lipinski definition) is 5. The monoisotopic (exact) mass is 260 g/mol. The minimum atomic E-state index is -1.03. The number of rotatable bonds is 8. The number of hydrogen-bond acceptors (Lipinski definition) is 5. The fourth-order valence-corrected chi connectivity index (χ4v) is 1.24. The maximum absolute atomic E-state index is 11.4. The molecule has 8 nitrogen and oxygen atoms in total. The van der Waals surface area contributed by atoms with Gasteiger partial charge in [0.1, 0.15) is 12.1 Å². The highest BCUT2D eigenvalue weighted by Gasteiger charge is 2.19. The van der Waals surface area contributed by atoms with Crippen molar-refractivity contribution in [3.63, 3.8) is 0 Å². The Kier molecular flexibility index (Phi) is 7.45. The van der Waals surface area contributed by atoms with Crippen molar-refractivity contribution in [3.8, 4) is 0 Å². The van der Waals surface area contributed by atoms with Gasteiger partial charge in [0.15, 0.2) is 5.96 Å². The first-order valence-corrected chi connectivity index (χ1v) is 5.58. The van der Waals surface area contributed by atoms with Crippen LogP contribution >= 0.6 is 0 Å². The molecule has 0 aliphatic carbocycles. The van der Waals surface area contributed by atoms with Crippen molar-refractivity contribution in [2.75, 3.05) is 6.54 Å². The van der Waals surface area contributed by atoms with E-state index in [9.17, 15) is 9.59 Å². The Bertz CT molecular complexity index is 308. The van der Waals surface area contributed by atoms with Gasteiger partial charge in [-0.2, -0.15) is 0 Å². The minimum Gasteiger partial charge on any atom is -0.481 e. The smallest absolute Gasteiger partial charge is 0.323 e. The molecular weight excluding hydrogens is 240 g/mol. The van der Waals surface area contributed by atoms with E-state index in [1.54, 1.807) is 0 Å². The number of aliphatic carboxylic acids is 1. The number of carboxylic acids is 1. The highest BCUT2D eigenvalue weighted by Crippen LogP contribution is 2.02. The van der Waals surface area contributed by atoms with Crippen molar-refractivity contribution in [2.24, 2.45) is 11.5 Å². The molecule has 0 rings (SSSR count). The maximum Gasteiger partial charge on any atom is 0.323 e. The molecule has 104 valence electrons. The largest absolute Gasteiger partial charge is 0.481 e. The molecule has 2 atom stereocenters. The summed E-state index contributed by atoms with van der Waals surface area (Å²) >= 11 is 0. The lowest BCUT2D eigenvalue weighted by Gasteiger charge is -2.15. The number of carbonyl (C=O) groups excluding carboxylic acids is 1. The molecule has 0 bridgehead atoms. The fourth-order valence-electron chi connectivity index (χ4n) is 1.24. The topological polar surface area (TPSA) is 152 Å². The Morgan fingerprint density at radius 3 is 2.61 bits per heavy atom. The number of carbonyl (C=O) groups is 2. The fraction of sp³-hybridized carbons (Fsp3) is 0.700. The molecule has 0 aromatic carbocycles. The third-order valence-electron chi connectivity index (χ3n) is 2.09. The van der Waals surface area contributed by atoms with Gasteiger partial charge in [-0.1, -0.05) is 0 Å². The second-order valence-corrected chi connectivity index (χ2v) is 3.93. The number of nitrogens with two attached hydrogens (primary N) is 2. The molecule has 0 fully saturated rings. The number of ether oxygens (including phenoxy) is 1. The van der Waals surface area contributed by atoms with E-state index in [1.165, 1.54) is 6.92 Å². The zero-order chi connectivity index (χ0) is 14.1. The minimum absolute atomic E-state index is 0.138. The highest BCUT2D eigenvalue weighted by atomic mass is 16.5. The van der Waals surface area contributed by atoms with E-state index in [2.05, 4.69) is 5.32 Å². The molecule has 18 heavy (non-hydrogen) atoms. The van der Waals surface area contributed by atoms with Gasteiger partial charge in [-0.25, -0.2) is 0 Å². The molecule has 0 saturated heterocycles. The average molecular weight is 260 g/mol. The van der Waals surface area contributed by atoms with Crippen molar-refractivity contribution in [1.29, 1.82) is 5.41 Å². The SMILES string of the molecule is CC(CC(=O)O)OC(=O)[C@@H](N)CCCNC(=N)N. The Morgan fingerprint density at radius 2 is 2.11 bits per heavy atom. The molecule has 0 spiro atoms. The second kappa shape index (κ2) is 8.29. The predicted molar refractivity (Wildman–Crippen MR) is 64.9 cm³/mol. The Morgan fingerprint density at radius 1 is 1.50 bits per heavy atom. The first-order chi connectivity index (χ1) is 8.32. The molecule has 7 N–H and O–H groups in total. The van der Waals surface area contributed by atoms with Crippen LogP contribution in [0.25, 0.3) is 0 Å². The van der Waals surface area contributed by atoms with Gasteiger partial charge in [0, 0.05) is 6.54 Å². The van der Waals surface area contributed by atoms with Gasteiger partial charge >= 0.3 is 11.9 Å². The second-order valence-electron chi connectivity index (χ2n) is 3.93. The van der Waals surface area contributed by atoms with Gasteiger partial charge in [0.2, 0.25) is 0 Å². The lowest BCUT2D eigenvalue weighted by atomic mass is 10.1. The van der Waals surface area contributed by atoms with Gasteiger partial charge in [-0.05, 0) is 19.8 Å². The van der Waals surface area contributed by atoms with Crippen molar-refractivity contribution in [3.05, 3.63) is 0 Å². The normalized spacial score (nSPS) is 13.4. The molecule has 0 aromatic heterocycles. The van der Waals surface area contributed by atoms with Gasteiger partial charge in [-0.15, -0.1) is 0 Å². The van der Waals surface area contributed by atoms with Crippen molar-refractivity contribution >= 4 is 17.9 Å². The molecule has 0 amide bonds. The predicted octanol–water partition coefficient (Wildman–Crippen LogP) is -1.02. The van der Waals surface area contributed by atoms with Gasteiger partial charge in [0.05, 0.1) is 6.42 Å². The van der Waals surface area contributed by atoms with E-state index in [0.717, 1.165) is 0 Å². The Balaban J connectivity index is 3.81. The van der Waals surface area contributed by atoms with E-state index >= 15 is 0 Å². The van der Waals surface area contributed by atoms with Gasteiger partial charge in [-0.3, -0.25) is 15.0 Å². The van der Waals surface area contributed by atoms with Gasteiger partial charge in [0.25, 0.3) is 0 Å². The molecule has 8 heteroatoms. The van der Waals surface area contributed by atoms with E-state index in [0.29, 0.717) is 19.4 Å². The molecule has 0 saturated carbocycles. The van der Waals surface area contributed by atoms with Gasteiger partial charge < -0.3 is 26.6 Å². The first kappa shape index (κ1) is 16.2. The Hall–Kier alpha value is -1.83. The van der Waals surface area contributed by atoms with Crippen LogP contribution in [0.1, 0.15) is 26.2 Å². The van der Waals surface area contributed by atoms with Crippen LogP contribution in [-0.2, 0) is 14.3 Å². The average Bonchev–Trinajstić information content (AvgIpc) is 2.22. The van der Waals surface area contributed by atoms with E-state index < -0.39 is 24.1 Å². The highest BCUT2D eigenvalue weighted by molar-refractivity contribution is 5.76. The van der Waals surface area contributed by atoms with Crippen LogP contribution in [0.5, 0.6) is 0 Å². The summed E-state index contributed by atoms with van der Waals surface area (Å²) in [5.41, 5.74) is 10.7. The molecule has 0 radical (unpaired) electrons. The van der Waals surface area contributed by atoms with Crippen LogP contribution < -0.4 is 16.8 Å². The molecule has 0 aromatic rings. The summed E-state index contributed by atoms with van der Waals surface area (Å²) in [6.07, 6.45) is -0.0109. The summed E-state index contributed by atoms with van der Waals surface area (Å²) in [6, 6.07) is -0.796.